The van der Waals surface area contributed by atoms with Crippen LogP contribution < -0.4 is 4.74 Å². The van der Waals surface area contributed by atoms with Crippen molar-refractivity contribution in [2.75, 3.05) is 6.61 Å². The van der Waals surface area contributed by atoms with Gasteiger partial charge in [0.1, 0.15) is 23.7 Å². The standard InChI is InChI=1S/C21H28O7/c1-13(4-6-18(23)21(2,3)26)8-10-28-20-14(5-7-19(24)25)16(22)12-17-15(20)9-11-27-17/h8-9,11-12,18,22-23,26H,4-7,10H2,1-3H3,(H,24,25)/b13-8+. The maximum absolute atomic E-state index is 10.9. The molecule has 0 spiro atoms. The number of fused-ring (bicyclic) bond motifs is 1. The monoisotopic (exact) mass is 392 g/mol. The highest BCUT2D eigenvalue weighted by Gasteiger charge is 2.23. The van der Waals surface area contributed by atoms with Gasteiger partial charge in [-0.2, -0.15) is 0 Å². The van der Waals surface area contributed by atoms with Gasteiger partial charge in [-0.3, -0.25) is 4.79 Å². The molecule has 7 nitrogen and oxygen atoms in total. The van der Waals surface area contributed by atoms with Crippen molar-refractivity contribution in [3.8, 4) is 11.5 Å². The van der Waals surface area contributed by atoms with Gasteiger partial charge in [-0.1, -0.05) is 5.57 Å². The molecule has 0 saturated heterocycles. The van der Waals surface area contributed by atoms with E-state index in [9.17, 15) is 20.1 Å². The van der Waals surface area contributed by atoms with E-state index in [-0.39, 0.29) is 25.2 Å². The number of allylic oxidation sites excluding steroid dienone is 1. The number of benzene rings is 1. The lowest BCUT2D eigenvalue weighted by molar-refractivity contribution is -0.136. The molecule has 2 rings (SSSR count). The van der Waals surface area contributed by atoms with E-state index in [1.165, 1.54) is 12.3 Å². The SMILES string of the molecule is C/C(=C\COc1c(CCC(=O)O)c(O)cc2occc12)CCC(O)C(C)(C)O. The summed E-state index contributed by atoms with van der Waals surface area (Å²) in [7, 11) is 0. The number of hydrogen-bond acceptors (Lipinski definition) is 6. The van der Waals surface area contributed by atoms with E-state index in [4.69, 9.17) is 14.3 Å². The molecule has 2 aromatic rings. The summed E-state index contributed by atoms with van der Waals surface area (Å²) in [6, 6.07) is 3.17. The average Bonchev–Trinajstić information content (AvgIpc) is 3.05. The quantitative estimate of drug-likeness (QED) is 0.457. The zero-order chi connectivity index (χ0) is 20.9. The van der Waals surface area contributed by atoms with E-state index in [1.807, 2.05) is 13.0 Å². The molecule has 1 atom stereocenters. The summed E-state index contributed by atoms with van der Waals surface area (Å²) in [4.78, 5) is 10.9. The highest BCUT2D eigenvalue weighted by atomic mass is 16.5. The first-order valence-corrected chi connectivity index (χ1v) is 9.22. The largest absolute Gasteiger partial charge is 0.507 e. The second kappa shape index (κ2) is 9.12. The molecule has 0 saturated carbocycles. The Hall–Kier alpha value is -2.51. The van der Waals surface area contributed by atoms with Crippen molar-refractivity contribution in [3.05, 3.63) is 35.6 Å². The first-order chi connectivity index (χ1) is 13.1. The Morgan fingerprint density at radius 2 is 2.07 bits per heavy atom. The Balaban J connectivity index is 2.11. The topological polar surface area (TPSA) is 120 Å². The molecule has 0 aliphatic heterocycles. The predicted molar refractivity (Wildman–Crippen MR) is 105 cm³/mol. The molecule has 4 N–H and O–H groups in total. The Labute approximate surface area is 163 Å². The number of carboxylic acid groups (broad SMARTS) is 1. The number of phenols is 1. The van der Waals surface area contributed by atoms with Crippen LogP contribution in [-0.4, -0.2) is 44.7 Å². The van der Waals surface area contributed by atoms with Crippen LogP contribution in [0.1, 0.15) is 45.6 Å². The zero-order valence-corrected chi connectivity index (χ0v) is 16.4. The number of aromatic hydroxyl groups is 1. The smallest absolute Gasteiger partial charge is 0.303 e. The molecular weight excluding hydrogens is 364 g/mol. The number of furan rings is 1. The molecular formula is C21H28O7. The minimum Gasteiger partial charge on any atom is -0.507 e. The van der Waals surface area contributed by atoms with Crippen LogP contribution in [0.4, 0.5) is 0 Å². The number of aliphatic carboxylic acids is 1. The molecule has 0 amide bonds. The third kappa shape index (κ3) is 5.74. The second-order valence-electron chi connectivity index (χ2n) is 7.50. The minimum absolute atomic E-state index is 0.0623. The average molecular weight is 392 g/mol. The van der Waals surface area contributed by atoms with Gasteiger partial charge in [0.05, 0.1) is 23.4 Å². The lowest BCUT2D eigenvalue weighted by Gasteiger charge is -2.24. The molecule has 1 unspecified atom stereocenters. The lowest BCUT2D eigenvalue weighted by atomic mass is 9.96. The summed E-state index contributed by atoms with van der Waals surface area (Å²) in [5, 5.41) is 39.6. The number of carboxylic acids is 1. The fraction of sp³-hybridized carbons (Fsp3) is 0.476. The first-order valence-electron chi connectivity index (χ1n) is 9.22. The predicted octanol–water partition coefficient (Wildman–Crippen LogP) is 3.39. The molecule has 28 heavy (non-hydrogen) atoms. The molecule has 7 heteroatoms. The van der Waals surface area contributed by atoms with Crippen molar-refractivity contribution in [1.29, 1.82) is 0 Å². The summed E-state index contributed by atoms with van der Waals surface area (Å²) >= 11 is 0. The summed E-state index contributed by atoms with van der Waals surface area (Å²) < 4.78 is 11.2. The van der Waals surface area contributed by atoms with Gasteiger partial charge in [-0.25, -0.2) is 0 Å². The summed E-state index contributed by atoms with van der Waals surface area (Å²) in [5.41, 5.74) is 0.726. The fourth-order valence-corrected chi connectivity index (χ4v) is 2.84. The van der Waals surface area contributed by atoms with Crippen LogP contribution in [0.3, 0.4) is 0 Å². The summed E-state index contributed by atoms with van der Waals surface area (Å²) in [5.74, 6) is -0.614. The lowest BCUT2D eigenvalue weighted by Crippen LogP contribution is -2.35. The fourth-order valence-electron chi connectivity index (χ4n) is 2.84. The van der Waals surface area contributed by atoms with Gasteiger partial charge in [-0.05, 0) is 52.2 Å². The van der Waals surface area contributed by atoms with Gasteiger partial charge in [0.15, 0.2) is 0 Å². The third-order valence-electron chi connectivity index (χ3n) is 4.67. The maximum Gasteiger partial charge on any atom is 0.303 e. The van der Waals surface area contributed by atoms with Crippen molar-refractivity contribution in [2.24, 2.45) is 0 Å². The molecule has 0 bridgehead atoms. The number of aliphatic hydroxyl groups is 2. The zero-order valence-electron chi connectivity index (χ0n) is 16.4. The van der Waals surface area contributed by atoms with E-state index >= 15 is 0 Å². The molecule has 1 aromatic heterocycles. The van der Waals surface area contributed by atoms with Crippen molar-refractivity contribution in [1.82, 2.24) is 0 Å². The summed E-state index contributed by atoms with van der Waals surface area (Å²) in [6.07, 6.45) is 3.55. The van der Waals surface area contributed by atoms with E-state index in [2.05, 4.69) is 0 Å². The number of hydrogen-bond donors (Lipinski definition) is 4. The second-order valence-corrected chi connectivity index (χ2v) is 7.50. The highest BCUT2D eigenvalue weighted by molar-refractivity contribution is 5.87. The number of aliphatic hydroxyl groups excluding tert-OH is 1. The van der Waals surface area contributed by atoms with Crippen LogP contribution in [0, 0.1) is 0 Å². The third-order valence-corrected chi connectivity index (χ3v) is 4.67. The Bertz CT molecular complexity index is 842. The van der Waals surface area contributed by atoms with E-state index < -0.39 is 17.7 Å². The van der Waals surface area contributed by atoms with Gasteiger partial charge in [0.2, 0.25) is 0 Å². The molecule has 0 fully saturated rings. The Morgan fingerprint density at radius 3 is 2.71 bits per heavy atom. The van der Waals surface area contributed by atoms with Gasteiger partial charge in [-0.15, -0.1) is 0 Å². The van der Waals surface area contributed by atoms with Crippen molar-refractivity contribution in [3.63, 3.8) is 0 Å². The van der Waals surface area contributed by atoms with Crippen molar-refractivity contribution < 1.29 is 34.4 Å². The van der Waals surface area contributed by atoms with Gasteiger partial charge in [0, 0.05) is 18.1 Å². The Kier molecular flexibility index (Phi) is 7.10. The van der Waals surface area contributed by atoms with Crippen LogP contribution in [0.25, 0.3) is 11.0 Å². The number of carbonyl (C=O) groups is 1. The maximum atomic E-state index is 10.9. The normalized spacial score (nSPS) is 13.7. The van der Waals surface area contributed by atoms with Crippen LogP contribution in [0.15, 0.2) is 34.5 Å². The van der Waals surface area contributed by atoms with E-state index in [1.54, 1.807) is 19.9 Å². The van der Waals surface area contributed by atoms with Crippen LogP contribution in [0.2, 0.25) is 0 Å². The minimum atomic E-state index is -1.15. The molecule has 1 aromatic carbocycles. The van der Waals surface area contributed by atoms with Crippen LogP contribution in [-0.2, 0) is 11.2 Å². The molecule has 0 radical (unpaired) electrons. The van der Waals surface area contributed by atoms with E-state index in [0.717, 1.165) is 5.57 Å². The molecule has 0 aliphatic carbocycles. The van der Waals surface area contributed by atoms with Crippen LogP contribution in [0.5, 0.6) is 11.5 Å². The van der Waals surface area contributed by atoms with Gasteiger partial charge >= 0.3 is 5.97 Å². The van der Waals surface area contributed by atoms with E-state index in [0.29, 0.717) is 35.1 Å². The van der Waals surface area contributed by atoms with Crippen molar-refractivity contribution in [2.45, 2.75) is 58.2 Å². The summed E-state index contributed by atoms with van der Waals surface area (Å²) in [6.45, 7) is 5.25. The Morgan fingerprint density at radius 1 is 1.36 bits per heavy atom. The molecule has 0 aliphatic rings. The number of ether oxygens (including phenoxy) is 1. The number of rotatable bonds is 10. The van der Waals surface area contributed by atoms with Crippen molar-refractivity contribution >= 4 is 16.9 Å². The number of phenolic OH excluding ortho intramolecular Hbond substituents is 1. The highest BCUT2D eigenvalue weighted by Crippen LogP contribution is 2.38. The van der Waals surface area contributed by atoms with Gasteiger partial charge < -0.3 is 29.6 Å². The molecule has 1 heterocycles. The first kappa shape index (κ1) is 21.8. The molecule has 154 valence electrons. The van der Waals surface area contributed by atoms with Crippen LogP contribution >= 0.6 is 0 Å². The van der Waals surface area contributed by atoms with Gasteiger partial charge in [0.25, 0.3) is 0 Å².